The van der Waals surface area contributed by atoms with Crippen LogP contribution in [-0.4, -0.2) is 0 Å². The highest BCUT2D eigenvalue weighted by Crippen LogP contribution is 2.27. The summed E-state index contributed by atoms with van der Waals surface area (Å²) < 4.78 is 1.14. The van der Waals surface area contributed by atoms with E-state index in [1.807, 2.05) is 13.8 Å². The third kappa shape index (κ3) is 3.64. The molecule has 0 bridgehead atoms. The highest BCUT2D eigenvalue weighted by molar-refractivity contribution is 9.10. The van der Waals surface area contributed by atoms with Crippen LogP contribution in [0.5, 0.6) is 0 Å². The number of allylic oxidation sites excluding steroid dienone is 4. The van der Waals surface area contributed by atoms with E-state index in [1.165, 1.54) is 29.6 Å². The van der Waals surface area contributed by atoms with Gasteiger partial charge in [-0.1, -0.05) is 59.6 Å². The maximum absolute atomic E-state index is 3.45. The Morgan fingerprint density at radius 3 is 2.06 bits per heavy atom. The molecule has 1 heteroatoms. The number of hydrogen-bond donors (Lipinski definition) is 0. The molecule has 0 atom stereocenters. The van der Waals surface area contributed by atoms with Crippen LogP contribution in [0.15, 0.2) is 46.5 Å². The van der Waals surface area contributed by atoms with Crippen LogP contribution < -0.4 is 0 Å². The molecular weight excluding hydrogens is 260 g/mol. The molecule has 0 fully saturated rings. The summed E-state index contributed by atoms with van der Waals surface area (Å²) in [5.74, 6) is 0. The SMILES string of the molecule is CC.CC1=CC=C(c2ccc(Br)cc2)CC1. The normalized spacial score (nSPS) is 14.5. The molecule has 0 nitrogen and oxygen atoms in total. The molecule has 0 heterocycles. The van der Waals surface area contributed by atoms with E-state index in [2.05, 4.69) is 59.3 Å². The van der Waals surface area contributed by atoms with Crippen LogP contribution in [0, 0.1) is 0 Å². The lowest BCUT2D eigenvalue weighted by Gasteiger charge is -2.12. The Labute approximate surface area is 107 Å². The summed E-state index contributed by atoms with van der Waals surface area (Å²) in [6.07, 6.45) is 6.83. The molecule has 0 saturated heterocycles. The lowest BCUT2D eigenvalue weighted by molar-refractivity contribution is 0.977. The first-order chi connectivity index (χ1) is 7.75. The van der Waals surface area contributed by atoms with Crippen molar-refractivity contribution < 1.29 is 0 Å². The molecule has 2 rings (SSSR count). The van der Waals surface area contributed by atoms with Crippen molar-refractivity contribution in [1.82, 2.24) is 0 Å². The molecule has 0 aromatic heterocycles. The van der Waals surface area contributed by atoms with E-state index in [0.29, 0.717) is 0 Å². The van der Waals surface area contributed by atoms with Crippen molar-refractivity contribution >= 4 is 21.5 Å². The smallest absolute Gasteiger partial charge is 0.0175 e. The van der Waals surface area contributed by atoms with Crippen molar-refractivity contribution in [3.8, 4) is 0 Å². The van der Waals surface area contributed by atoms with E-state index in [9.17, 15) is 0 Å². The number of rotatable bonds is 1. The lowest BCUT2D eigenvalue weighted by atomic mass is 9.94. The first-order valence-electron chi connectivity index (χ1n) is 5.88. The number of hydrogen-bond acceptors (Lipinski definition) is 0. The molecule has 0 aliphatic heterocycles. The van der Waals surface area contributed by atoms with Crippen LogP contribution >= 0.6 is 15.9 Å². The summed E-state index contributed by atoms with van der Waals surface area (Å²) in [4.78, 5) is 0. The van der Waals surface area contributed by atoms with Crippen LogP contribution in [0.1, 0.15) is 39.2 Å². The standard InChI is InChI=1S/C13H13Br.C2H6/c1-10-2-4-11(5-3-10)12-6-8-13(14)9-7-12;1-2/h2,4,6-9H,3,5H2,1H3;1-2H3. The second-order valence-electron chi connectivity index (χ2n) is 3.71. The number of halogens is 1. The molecule has 86 valence electrons. The fourth-order valence-electron chi connectivity index (χ4n) is 1.65. The van der Waals surface area contributed by atoms with Gasteiger partial charge in [-0.05, 0) is 43.0 Å². The average Bonchev–Trinajstić information content (AvgIpc) is 2.34. The van der Waals surface area contributed by atoms with Gasteiger partial charge < -0.3 is 0 Å². The molecular formula is C15H19Br. The summed E-state index contributed by atoms with van der Waals surface area (Å²) in [6.45, 7) is 6.19. The molecule has 1 aliphatic carbocycles. The van der Waals surface area contributed by atoms with Gasteiger partial charge in [0, 0.05) is 4.47 Å². The highest BCUT2D eigenvalue weighted by atomic mass is 79.9. The van der Waals surface area contributed by atoms with Crippen molar-refractivity contribution in [3.05, 3.63) is 52.0 Å². The molecule has 16 heavy (non-hydrogen) atoms. The molecule has 0 spiro atoms. The van der Waals surface area contributed by atoms with Crippen molar-refractivity contribution in [2.24, 2.45) is 0 Å². The van der Waals surface area contributed by atoms with Gasteiger partial charge in [-0.3, -0.25) is 0 Å². The zero-order valence-corrected chi connectivity index (χ0v) is 11.8. The quantitative estimate of drug-likeness (QED) is 0.627. The first kappa shape index (κ1) is 13.2. The molecule has 1 aliphatic rings. The van der Waals surface area contributed by atoms with Gasteiger partial charge in [0.05, 0.1) is 0 Å². The fraction of sp³-hybridized carbons (Fsp3) is 0.333. The summed E-state index contributed by atoms with van der Waals surface area (Å²) >= 11 is 3.45. The Balaban J connectivity index is 0.000000606. The molecule has 0 amide bonds. The second-order valence-corrected chi connectivity index (χ2v) is 4.63. The maximum atomic E-state index is 3.45. The van der Waals surface area contributed by atoms with E-state index in [1.54, 1.807) is 0 Å². The maximum Gasteiger partial charge on any atom is 0.0175 e. The Kier molecular flexibility index (Phi) is 5.54. The minimum absolute atomic E-state index is 1.14. The van der Waals surface area contributed by atoms with Gasteiger partial charge in [0.2, 0.25) is 0 Å². The van der Waals surface area contributed by atoms with Gasteiger partial charge in [0.25, 0.3) is 0 Å². The predicted molar refractivity (Wildman–Crippen MR) is 76.5 cm³/mol. The third-order valence-corrected chi connectivity index (χ3v) is 3.10. The largest absolute Gasteiger partial charge is 0.0730 e. The van der Waals surface area contributed by atoms with Crippen molar-refractivity contribution in [2.45, 2.75) is 33.6 Å². The Bertz CT molecular complexity index is 382. The van der Waals surface area contributed by atoms with E-state index in [0.717, 1.165) is 4.47 Å². The van der Waals surface area contributed by atoms with E-state index < -0.39 is 0 Å². The second kappa shape index (κ2) is 6.70. The zero-order valence-electron chi connectivity index (χ0n) is 10.3. The van der Waals surface area contributed by atoms with E-state index in [4.69, 9.17) is 0 Å². The average molecular weight is 279 g/mol. The minimum Gasteiger partial charge on any atom is -0.0730 e. The topological polar surface area (TPSA) is 0 Å². The molecule has 1 aromatic carbocycles. The Morgan fingerprint density at radius 1 is 0.938 bits per heavy atom. The van der Waals surface area contributed by atoms with Crippen molar-refractivity contribution in [3.63, 3.8) is 0 Å². The van der Waals surface area contributed by atoms with Gasteiger partial charge in [-0.25, -0.2) is 0 Å². The van der Waals surface area contributed by atoms with Gasteiger partial charge >= 0.3 is 0 Å². The summed E-state index contributed by atoms with van der Waals surface area (Å²) in [6, 6.07) is 8.54. The van der Waals surface area contributed by atoms with E-state index >= 15 is 0 Å². The monoisotopic (exact) mass is 278 g/mol. The molecule has 0 unspecified atom stereocenters. The van der Waals surface area contributed by atoms with Crippen molar-refractivity contribution in [2.75, 3.05) is 0 Å². The minimum atomic E-state index is 1.14. The van der Waals surface area contributed by atoms with Crippen LogP contribution in [0.4, 0.5) is 0 Å². The van der Waals surface area contributed by atoms with Gasteiger partial charge in [-0.15, -0.1) is 0 Å². The zero-order chi connectivity index (χ0) is 12.0. The molecule has 0 N–H and O–H groups in total. The first-order valence-corrected chi connectivity index (χ1v) is 6.67. The molecule has 0 saturated carbocycles. The van der Waals surface area contributed by atoms with Gasteiger partial charge in [0.1, 0.15) is 0 Å². The van der Waals surface area contributed by atoms with E-state index in [-0.39, 0.29) is 0 Å². The van der Waals surface area contributed by atoms with Crippen LogP contribution in [0.2, 0.25) is 0 Å². The van der Waals surface area contributed by atoms with Crippen LogP contribution in [-0.2, 0) is 0 Å². The van der Waals surface area contributed by atoms with Gasteiger partial charge in [0.15, 0.2) is 0 Å². The highest BCUT2D eigenvalue weighted by Gasteiger charge is 2.05. The third-order valence-electron chi connectivity index (χ3n) is 2.57. The summed E-state index contributed by atoms with van der Waals surface area (Å²) in [5.41, 5.74) is 4.27. The predicted octanol–water partition coefficient (Wildman–Crippen LogP) is 5.60. The lowest BCUT2D eigenvalue weighted by Crippen LogP contribution is -1.90. The Hall–Kier alpha value is -0.820. The molecule has 0 radical (unpaired) electrons. The summed E-state index contributed by atoms with van der Waals surface area (Å²) in [5, 5.41) is 0. The number of benzene rings is 1. The Morgan fingerprint density at radius 2 is 1.56 bits per heavy atom. The fourth-order valence-corrected chi connectivity index (χ4v) is 1.91. The van der Waals surface area contributed by atoms with Gasteiger partial charge in [-0.2, -0.15) is 0 Å². The van der Waals surface area contributed by atoms with Crippen LogP contribution in [0.3, 0.4) is 0 Å². The van der Waals surface area contributed by atoms with Crippen LogP contribution in [0.25, 0.3) is 5.57 Å². The molecule has 1 aromatic rings. The van der Waals surface area contributed by atoms with Crippen molar-refractivity contribution in [1.29, 1.82) is 0 Å². The summed E-state index contributed by atoms with van der Waals surface area (Å²) in [7, 11) is 0.